The van der Waals surface area contributed by atoms with E-state index in [-0.39, 0.29) is 0 Å². The number of benzene rings is 2. The Kier molecular flexibility index (Phi) is 5.96. The third-order valence-corrected chi connectivity index (χ3v) is 6.36. The molecule has 0 aromatic heterocycles. The monoisotopic (exact) mass is 374 g/mol. The summed E-state index contributed by atoms with van der Waals surface area (Å²) in [5, 5.41) is 0. The topological polar surface area (TPSA) is 58.6 Å². The molecule has 1 saturated heterocycles. The predicted octanol–water partition coefficient (Wildman–Crippen LogP) is 3.12. The largest absolute Gasteiger partial charge is 0.497 e. The Morgan fingerprint density at radius 1 is 1.12 bits per heavy atom. The van der Waals surface area contributed by atoms with E-state index in [9.17, 15) is 8.42 Å². The maximum absolute atomic E-state index is 12.4. The minimum absolute atomic E-state index is 0.316. The highest BCUT2D eigenvalue weighted by atomic mass is 32.2. The van der Waals surface area contributed by atoms with Gasteiger partial charge in [-0.15, -0.1) is 0 Å². The van der Waals surface area contributed by atoms with E-state index in [0.29, 0.717) is 24.0 Å². The number of aryl methyl sites for hydroxylation is 1. The highest BCUT2D eigenvalue weighted by molar-refractivity contribution is 7.89. The lowest BCUT2D eigenvalue weighted by atomic mass is 10.0. The molecule has 1 aliphatic heterocycles. The van der Waals surface area contributed by atoms with Crippen molar-refractivity contribution in [3.8, 4) is 5.75 Å². The van der Waals surface area contributed by atoms with Crippen molar-refractivity contribution in [2.45, 2.75) is 30.7 Å². The van der Waals surface area contributed by atoms with Crippen LogP contribution in [-0.2, 0) is 10.0 Å². The van der Waals surface area contributed by atoms with Gasteiger partial charge in [0.2, 0.25) is 10.0 Å². The Morgan fingerprint density at radius 2 is 1.81 bits per heavy atom. The van der Waals surface area contributed by atoms with Crippen molar-refractivity contribution >= 4 is 10.0 Å². The molecule has 2 aromatic rings. The van der Waals surface area contributed by atoms with Crippen LogP contribution in [0, 0.1) is 6.92 Å². The number of hydrogen-bond acceptors (Lipinski definition) is 4. The van der Waals surface area contributed by atoms with Crippen LogP contribution in [0.15, 0.2) is 53.4 Å². The number of hydrogen-bond donors (Lipinski definition) is 1. The minimum Gasteiger partial charge on any atom is -0.497 e. The SMILES string of the molecule is COc1ccc(C2CCCN2CCNS(=O)(=O)c2ccc(C)cc2)cc1. The second-order valence-electron chi connectivity index (χ2n) is 6.68. The van der Waals surface area contributed by atoms with E-state index >= 15 is 0 Å². The molecule has 26 heavy (non-hydrogen) atoms. The van der Waals surface area contributed by atoms with E-state index in [1.165, 1.54) is 5.56 Å². The van der Waals surface area contributed by atoms with E-state index in [1.54, 1.807) is 19.2 Å². The first-order chi connectivity index (χ1) is 12.5. The smallest absolute Gasteiger partial charge is 0.240 e. The van der Waals surface area contributed by atoms with E-state index in [4.69, 9.17) is 4.74 Å². The zero-order chi connectivity index (χ0) is 18.6. The summed E-state index contributed by atoms with van der Waals surface area (Å²) in [6.45, 7) is 4.03. The summed E-state index contributed by atoms with van der Waals surface area (Å²) in [6.07, 6.45) is 2.22. The van der Waals surface area contributed by atoms with Crippen LogP contribution in [-0.4, -0.2) is 40.1 Å². The van der Waals surface area contributed by atoms with Crippen LogP contribution in [0.2, 0.25) is 0 Å². The van der Waals surface area contributed by atoms with E-state index in [2.05, 4.69) is 21.8 Å². The van der Waals surface area contributed by atoms with Gasteiger partial charge >= 0.3 is 0 Å². The number of ether oxygens (including phenoxy) is 1. The molecule has 1 N–H and O–H groups in total. The van der Waals surface area contributed by atoms with Gasteiger partial charge in [0.25, 0.3) is 0 Å². The average Bonchev–Trinajstić information content (AvgIpc) is 3.10. The zero-order valence-corrected chi connectivity index (χ0v) is 16.1. The Labute approximate surface area is 156 Å². The van der Waals surface area contributed by atoms with Gasteiger partial charge < -0.3 is 4.74 Å². The fraction of sp³-hybridized carbons (Fsp3) is 0.400. The van der Waals surface area contributed by atoms with Crippen molar-refractivity contribution in [3.05, 3.63) is 59.7 Å². The summed E-state index contributed by atoms with van der Waals surface area (Å²) in [4.78, 5) is 2.66. The second-order valence-corrected chi connectivity index (χ2v) is 8.44. The summed E-state index contributed by atoms with van der Waals surface area (Å²) >= 11 is 0. The van der Waals surface area contributed by atoms with Crippen LogP contribution in [0.25, 0.3) is 0 Å². The molecule has 1 aliphatic rings. The lowest BCUT2D eigenvalue weighted by Crippen LogP contribution is -2.34. The van der Waals surface area contributed by atoms with Crippen molar-refractivity contribution in [2.24, 2.45) is 0 Å². The molecule has 0 saturated carbocycles. The molecule has 3 rings (SSSR count). The van der Waals surface area contributed by atoms with Gasteiger partial charge in [-0.05, 0) is 56.1 Å². The predicted molar refractivity (Wildman–Crippen MR) is 103 cm³/mol. The number of likely N-dealkylation sites (tertiary alicyclic amines) is 1. The molecule has 1 unspecified atom stereocenters. The van der Waals surface area contributed by atoms with Gasteiger partial charge in [-0.2, -0.15) is 0 Å². The van der Waals surface area contributed by atoms with Gasteiger partial charge in [0, 0.05) is 19.1 Å². The summed E-state index contributed by atoms with van der Waals surface area (Å²) in [7, 11) is -1.79. The van der Waals surface area contributed by atoms with Crippen LogP contribution in [0.4, 0.5) is 0 Å². The van der Waals surface area contributed by atoms with Crippen LogP contribution >= 0.6 is 0 Å². The molecule has 0 spiro atoms. The van der Waals surface area contributed by atoms with Crippen molar-refractivity contribution in [3.63, 3.8) is 0 Å². The normalized spacial score (nSPS) is 18.2. The highest BCUT2D eigenvalue weighted by Gasteiger charge is 2.26. The van der Waals surface area contributed by atoms with Gasteiger partial charge in [0.1, 0.15) is 5.75 Å². The van der Waals surface area contributed by atoms with Crippen LogP contribution in [0.3, 0.4) is 0 Å². The molecule has 1 heterocycles. The summed E-state index contributed by atoms with van der Waals surface area (Å²) in [5.74, 6) is 0.851. The maximum atomic E-state index is 12.4. The number of nitrogens with zero attached hydrogens (tertiary/aromatic N) is 1. The van der Waals surface area contributed by atoms with Crippen molar-refractivity contribution < 1.29 is 13.2 Å². The number of sulfonamides is 1. The summed E-state index contributed by atoms with van der Waals surface area (Å²) in [5.41, 5.74) is 2.30. The molecule has 0 aliphatic carbocycles. The molecule has 140 valence electrons. The molecule has 5 nitrogen and oxygen atoms in total. The Morgan fingerprint density at radius 3 is 2.46 bits per heavy atom. The fourth-order valence-electron chi connectivity index (χ4n) is 3.42. The third-order valence-electron chi connectivity index (χ3n) is 4.89. The van der Waals surface area contributed by atoms with Crippen LogP contribution in [0.5, 0.6) is 5.75 Å². The van der Waals surface area contributed by atoms with Crippen LogP contribution in [0.1, 0.15) is 30.0 Å². The first-order valence-electron chi connectivity index (χ1n) is 8.94. The third kappa shape index (κ3) is 4.44. The fourth-order valence-corrected chi connectivity index (χ4v) is 4.44. The summed E-state index contributed by atoms with van der Waals surface area (Å²) in [6, 6.07) is 15.4. The molecular formula is C20H26N2O3S. The van der Waals surface area contributed by atoms with Crippen molar-refractivity contribution in [1.82, 2.24) is 9.62 Å². The lowest BCUT2D eigenvalue weighted by molar-refractivity contribution is 0.261. The molecule has 0 bridgehead atoms. The number of nitrogens with one attached hydrogen (secondary N) is 1. The molecule has 0 amide bonds. The molecular weight excluding hydrogens is 348 g/mol. The van der Waals surface area contributed by atoms with E-state index < -0.39 is 10.0 Å². The maximum Gasteiger partial charge on any atom is 0.240 e. The Hall–Kier alpha value is -1.89. The van der Waals surface area contributed by atoms with Crippen molar-refractivity contribution in [2.75, 3.05) is 26.7 Å². The first kappa shape index (κ1) is 18.9. The molecule has 1 atom stereocenters. The minimum atomic E-state index is -3.45. The lowest BCUT2D eigenvalue weighted by Gasteiger charge is -2.25. The molecule has 1 fully saturated rings. The summed E-state index contributed by atoms with van der Waals surface area (Å²) < 4.78 is 32.7. The standard InChI is InChI=1S/C20H26N2O3S/c1-16-5-11-19(12-6-16)26(23,24)21-13-15-22-14-3-4-20(22)17-7-9-18(25-2)10-8-17/h5-12,20-21H,3-4,13-15H2,1-2H3. The Bertz CT molecular complexity index is 817. The second kappa shape index (κ2) is 8.20. The van der Waals surface area contributed by atoms with Gasteiger partial charge in [-0.1, -0.05) is 29.8 Å². The van der Waals surface area contributed by atoms with Gasteiger partial charge in [0.15, 0.2) is 0 Å². The molecule has 0 radical (unpaired) electrons. The number of rotatable bonds is 7. The number of methoxy groups -OCH3 is 1. The van der Waals surface area contributed by atoms with Crippen molar-refractivity contribution in [1.29, 1.82) is 0 Å². The Balaban J connectivity index is 1.58. The van der Waals surface area contributed by atoms with Gasteiger partial charge in [0.05, 0.1) is 12.0 Å². The van der Waals surface area contributed by atoms with E-state index in [1.807, 2.05) is 31.2 Å². The first-order valence-corrected chi connectivity index (χ1v) is 10.4. The molecule has 2 aromatic carbocycles. The highest BCUT2D eigenvalue weighted by Crippen LogP contribution is 2.32. The van der Waals surface area contributed by atoms with Gasteiger partial charge in [-0.3, -0.25) is 4.90 Å². The van der Waals surface area contributed by atoms with E-state index in [0.717, 1.165) is 30.7 Å². The van der Waals surface area contributed by atoms with Crippen LogP contribution < -0.4 is 9.46 Å². The zero-order valence-electron chi connectivity index (χ0n) is 15.3. The molecule has 6 heteroatoms. The average molecular weight is 375 g/mol. The quantitative estimate of drug-likeness (QED) is 0.809. The van der Waals surface area contributed by atoms with Gasteiger partial charge in [-0.25, -0.2) is 13.1 Å².